The third kappa shape index (κ3) is 4.77. The molecule has 0 saturated heterocycles. The van der Waals surface area contributed by atoms with E-state index < -0.39 is 0 Å². The molecule has 2 N–H and O–H groups in total. The summed E-state index contributed by atoms with van der Waals surface area (Å²) in [6.45, 7) is 7.91. The SMILES string of the molecule is CCc1ccc(O)c(C(=O)N(CC)CC(=O)NC(C)C)c1. The zero-order valence-electron chi connectivity index (χ0n) is 13.1. The summed E-state index contributed by atoms with van der Waals surface area (Å²) in [5.41, 5.74) is 1.22. The van der Waals surface area contributed by atoms with E-state index in [4.69, 9.17) is 0 Å². The van der Waals surface area contributed by atoms with Crippen LogP contribution in [-0.2, 0) is 11.2 Å². The molecule has 116 valence electrons. The Morgan fingerprint density at radius 3 is 2.48 bits per heavy atom. The average molecular weight is 292 g/mol. The predicted molar refractivity (Wildman–Crippen MR) is 82.3 cm³/mol. The molecular weight excluding hydrogens is 268 g/mol. The fourth-order valence-electron chi connectivity index (χ4n) is 2.01. The van der Waals surface area contributed by atoms with Crippen molar-refractivity contribution in [2.45, 2.75) is 40.2 Å². The lowest BCUT2D eigenvalue weighted by Crippen LogP contribution is -2.42. The zero-order valence-corrected chi connectivity index (χ0v) is 13.1. The second kappa shape index (κ2) is 7.67. The minimum absolute atomic E-state index is 0.0106. The van der Waals surface area contributed by atoms with Gasteiger partial charge in [0, 0.05) is 12.6 Å². The molecule has 0 spiro atoms. The topological polar surface area (TPSA) is 69.6 Å². The Bertz CT molecular complexity index is 512. The van der Waals surface area contributed by atoms with Crippen molar-refractivity contribution in [2.75, 3.05) is 13.1 Å². The standard InChI is InChI=1S/C16H24N2O3/c1-5-12-7-8-14(19)13(9-12)16(21)18(6-2)10-15(20)17-11(3)4/h7-9,11,19H,5-6,10H2,1-4H3,(H,17,20). The Hall–Kier alpha value is -2.04. The van der Waals surface area contributed by atoms with Gasteiger partial charge in [-0.05, 0) is 44.9 Å². The molecule has 0 aliphatic rings. The normalized spacial score (nSPS) is 10.5. The van der Waals surface area contributed by atoms with Gasteiger partial charge in [-0.15, -0.1) is 0 Å². The molecule has 0 saturated carbocycles. The first kappa shape index (κ1) is 17.0. The largest absolute Gasteiger partial charge is 0.507 e. The molecule has 0 bridgehead atoms. The molecule has 5 heteroatoms. The number of hydrogen-bond donors (Lipinski definition) is 2. The maximum absolute atomic E-state index is 12.5. The number of nitrogens with zero attached hydrogens (tertiary/aromatic N) is 1. The van der Waals surface area contributed by atoms with Gasteiger partial charge in [0.25, 0.3) is 5.91 Å². The Kier molecular flexibility index (Phi) is 6.21. The van der Waals surface area contributed by atoms with E-state index in [1.165, 1.54) is 11.0 Å². The van der Waals surface area contributed by atoms with Gasteiger partial charge >= 0.3 is 0 Å². The molecule has 0 radical (unpaired) electrons. The van der Waals surface area contributed by atoms with Gasteiger partial charge < -0.3 is 15.3 Å². The first-order chi connectivity index (χ1) is 9.88. The van der Waals surface area contributed by atoms with Crippen LogP contribution < -0.4 is 5.32 Å². The molecule has 0 atom stereocenters. The van der Waals surface area contributed by atoms with Gasteiger partial charge in [0.15, 0.2) is 0 Å². The van der Waals surface area contributed by atoms with E-state index >= 15 is 0 Å². The molecule has 0 fully saturated rings. The Morgan fingerprint density at radius 1 is 1.29 bits per heavy atom. The molecule has 0 aliphatic carbocycles. The molecule has 2 amide bonds. The number of phenolic OH excluding ortho intramolecular Hbond substituents is 1. The van der Waals surface area contributed by atoms with Crippen molar-refractivity contribution < 1.29 is 14.7 Å². The van der Waals surface area contributed by atoms with Crippen molar-refractivity contribution in [3.05, 3.63) is 29.3 Å². The minimum atomic E-state index is -0.329. The average Bonchev–Trinajstić information content (AvgIpc) is 2.43. The molecule has 1 aromatic carbocycles. The van der Waals surface area contributed by atoms with E-state index in [1.807, 2.05) is 20.8 Å². The number of hydrogen-bond acceptors (Lipinski definition) is 3. The van der Waals surface area contributed by atoms with Crippen molar-refractivity contribution in [3.63, 3.8) is 0 Å². The predicted octanol–water partition coefficient (Wildman–Crippen LogP) is 1.94. The molecule has 0 unspecified atom stereocenters. The molecule has 21 heavy (non-hydrogen) atoms. The number of phenols is 1. The lowest BCUT2D eigenvalue weighted by molar-refractivity contribution is -0.122. The van der Waals surface area contributed by atoms with Crippen molar-refractivity contribution in [2.24, 2.45) is 0 Å². The molecule has 1 rings (SSSR count). The lowest BCUT2D eigenvalue weighted by atomic mass is 10.1. The monoisotopic (exact) mass is 292 g/mol. The third-order valence-corrected chi connectivity index (χ3v) is 3.15. The minimum Gasteiger partial charge on any atom is -0.507 e. The van der Waals surface area contributed by atoms with Crippen molar-refractivity contribution in [3.8, 4) is 5.75 Å². The first-order valence-corrected chi connectivity index (χ1v) is 7.29. The summed E-state index contributed by atoms with van der Waals surface area (Å²) < 4.78 is 0. The van der Waals surface area contributed by atoms with Crippen LogP contribution in [0.1, 0.15) is 43.6 Å². The number of likely N-dealkylation sites (N-methyl/N-ethyl adjacent to an activating group) is 1. The van der Waals surface area contributed by atoms with Gasteiger partial charge in [0.2, 0.25) is 5.91 Å². The Labute approximate surface area is 126 Å². The summed E-state index contributed by atoms with van der Waals surface area (Å²) in [5.74, 6) is -0.588. The second-order valence-electron chi connectivity index (χ2n) is 5.25. The van der Waals surface area contributed by atoms with Crippen LogP contribution in [0, 0.1) is 0 Å². The number of rotatable bonds is 6. The summed E-state index contributed by atoms with van der Waals surface area (Å²) in [6, 6.07) is 5.02. The van der Waals surface area contributed by atoms with Crippen molar-refractivity contribution in [1.82, 2.24) is 10.2 Å². The van der Waals surface area contributed by atoms with Crippen LogP contribution >= 0.6 is 0 Å². The molecule has 0 aromatic heterocycles. The van der Waals surface area contributed by atoms with E-state index in [1.54, 1.807) is 19.1 Å². The molecule has 1 aromatic rings. The van der Waals surface area contributed by atoms with E-state index in [0.717, 1.165) is 12.0 Å². The number of carbonyl (C=O) groups excluding carboxylic acids is 2. The van der Waals surface area contributed by atoms with Crippen LogP contribution in [-0.4, -0.2) is 41.0 Å². The summed E-state index contributed by atoms with van der Waals surface area (Å²) in [5, 5.41) is 12.6. The first-order valence-electron chi connectivity index (χ1n) is 7.29. The van der Waals surface area contributed by atoms with Gasteiger partial charge in [-0.3, -0.25) is 9.59 Å². The fourth-order valence-corrected chi connectivity index (χ4v) is 2.01. The summed E-state index contributed by atoms with van der Waals surface area (Å²) in [6.07, 6.45) is 0.778. The Balaban J connectivity index is 2.90. The number of nitrogens with one attached hydrogen (secondary N) is 1. The highest BCUT2D eigenvalue weighted by atomic mass is 16.3. The number of carbonyl (C=O) groups is 2. The molecule has 0 heterocycles. The Morgan fingerprint density at radius 2 is 1.95 bits per heavy atom. The second-order valence-corrected chi connectivity index (χ2v) is 5.25. The highest BCUT2D eigenvalue weighted by molar-refractivity contribution is 5.98. The van der Waals surface area contributed by atoms with Gasteiger partial charge in [0.1, 0.15) is 5.75 Å². The van der Waals surface area contributed by atoms with E-state index in [2.05, 4.69) is 5.32 Å². The van der Waals surface area contributed by atoms with Crippen LogP contribution in [0.25, 0.3) is 0 Å². The van der Waals surface area contributed by atoms with E-state index in [0.29, 0.717) is 6.54 Å². The molecule has 5 nitrogen and oxygen atoms in total. The van der Waals surface area contributed by atoms with Crippen molar-refractivity contribution in [1.29, 1.82) is 0 Å². The maximum atomic E-state index is 12.5. The van der Waals surface area contributed by atoms with Gasteiger partial charge in [0.05, 0.1) is 12.1 Å². The highest BCUT2D eigenvalue weighted by Crippen LogP contribution is 2.20. The van der Waals surface area contributed by atoms with Gasteiger partial charge in [-0.2, -0.15) is 0 Å². The van der Waals surface area contributed by atoms with Gasteiger partial charge in [-0.25, -0.2) is 0 Å². The van der Waals surface area contributed by atoms with E-state index in [-0.39, 0.29) is 35.7 Å². The summed E-state index contributed by atoms with van der Waals surface area (Å²) in [4.78, 5) is 25.7. The zero-order chi connectivity index (χ0) is 16.0. The quantitative estimate of drug-likeness (QED) is 0.842. The van der Waals surface area contributed by atoms with Crippen molar-refractivity contribution >= 4 is 11.8 Å². The maximum Gasteiger partial charge on any atom is 0.258 e. The van der Waals surface area contributed by atoms with Gasteiger partial charge in [-0.1, -0.05) is 13.0 Å². The summed E-state index contributed by atoms with van der Waals surface area (Å²) in [7, 11) is 0. The van der Waals surface area contributed by atoms with E-state index in [9.17, 15) is 14.7 Å². The number of benzene rings is 1. The fraction of sp³-hybridized carbons (Fsp3) is 0.500. The van der Waals surface area contributed by atoms with Crippen LogP contribution in [0.3, 0.4) is 0 Å². The summed E-state index contributed by atoms with van der Waals surface area (Å²) >= 11 is 0. The van der Waals surface area contributed by atoms with Crippen LogP contribution in [0.2, 0.25) is 0 Å². The van der Waals surface area contributed by atoms with Crippen LogP contribution in [0.15, 0.2) is 18.2 Å². The lowest BCUT2D eigenvalue weighted by Gasteiger charge is -2.22. The number of aromatic hydroxyl groups is 1. The highest BCUT2D eigenvalue weighted by Gasteiger charge is 2.20. The van der Waals surface area contributed by atoms with Crippen LogP contribution in [0.4, 0.5) is 0 Å². The molecule has 0 aliphatic heterocycles. The molecular formula is C16H24N2O3. The van der Waals surface area contributed by atoms with Crippen LogP contribution in [0.5, 0.6) is 5.75 Å². The number of amides is 2. The number of aryl methyl sites for hydroxylation is 1. The third-order valence-electron chi connectivity index (χ3n) is 3.15. The smallest absolute Gasteiger partial charge is 0.258 e.